The number of rotatable bonds is 6. The first kappa shape index (κ1) is 16.2. The van der Waals surface area contributed by atoms with Crippen LogP contribution in [0, 0.1) is 0 Å². The van der Waals surface area contributed by atoms with Gasteiger partial charge in [0.05, 0.1) is 12.7 Å². The van der Waals surface area contributed by atoms with Crippen molar-refractivity contribution in [2.75, 3.05) is 26.3 Å². The minimum Gasteiger partial charge on any atom is -0.417 e. The topological polar surface area (TPSA) is 30.5 Å². The molecule has 0 radical (unpaired) electrons. The summed E-state index contributed by atoms with van der Waals surface area (Å²) in [6.07, 6.45) is 3.95. The van der Waals surface area contributed by atoms with Crippen LogP contribution in [-0.2, 0) is 9.16 Å². The molecule has 0 aliphatic carbocycles. The SMILES string of the molecule is CC(C)(C)[Si](C)(C)OCCCCC1CNCCO1. The van der Waals surface area contributed by atoms with Crippen molar-refractivity contribution in [1.82, 2.24) is 5.32 Å². The van der Waals surface area contributed by atoms with E-state index in [0.717, 1.165) is 39.1 Å². The third-order valence-corrected chi connectivity index (χ3v) is 8.73. The first-order chi connectivity index (χ1) is 8.33. The van der Waals surface area contributed by atoms with Gasteiger partial charge in [-0.3, -0.25) is 0 Å². The number of ether oxygens (including phenoxy) is 1. The summed E-state index contributed by atoms with van der Waals surface area (Å²) in [5.74, 6) is 0. The van der Waals surface area contributed by atoms with Gasteiger partial charge in [0.25, 0.3) is 0 Å². The molecule has 1 fully saturated rings. The molecule has 0 aromatic heterocycles. The van der Waals surface area contributed by atoms with E-state index in [1.165, 1.54) is 6.42 Å². The van der Waals surface area contributed by atoms with Gasteiger partial charge in [-0.1, -0.05) is 20.8 Å². The fourth-order valence-corrected chi connectivity index (χ4v) is 2.91. The van der Waals surface area contributed by atoms with Gasteiger partial charge in [-0.05, 0) is 37.4 Å². The molecule has 1 aliphatic rings. The van der Waals surface area contributed by atoms with Crippen LogP contribution in [0.3, 0.4) is 0 Å². The van der Waals surface area contributed by atoms with E-state index in [4.69, 9.17) is 9.16 Å². The summed E-state index contributed by atoms with van der Waals surface area (Å²) >= 11 is 0. The quantitative estimate of drug-likeness (QED) is 0.595. The van der Waals surface area contributed by atoms with Crippen LogP contribution in [-0.4, -0.2) is 40.7 Å². The van der Waals surface area contributed by atoms with Gasteiger partial charge >= 0.3 is 0 Å². The Hall–Kier alpha value is 0.0969. The molecule has 1 rings (SSSR count). The van der Waals surface area contributed by atoms with Crippen molar-refractivity contribution >= 4 is 8.32 Å². The van der Waals surface area contributed by atoms with Crippen LogP contribution in [0.4, 0.5) is 0 Å². The van der Waals surface area contributed by atoms with E-state index in [0.29, 0.717) is 11.1 Å². The van der Waals surface area contributed by atoms with E-state index in [2.05, 4.69) is 39.2 Å². The van der Waals surface area contributed by atoms with Crippen LogP contribution in [0.15, 0.2) is 0 Å². The summed E-state index contributed by atoms with van der Waals surface area (Å²) < 4.78 is 11.9. The lowest BCUT2D eigenvalue weighted by Gasteiger charge is -2.36. The predicted octanol–water partition coefficient (Wildman–Crippen LogP) is 3.17. The van der Waals surface area contributed by atoms with E-state index < -0.39 is 8.32 Å². The van der Waals surface area contributed by atoms with Crippen LogP contribution >= 0.6 is 0 Å². The Labute approximate surface area is 114 Å². The zero-order valence-electron chi connectivity index (χ0n) is 12.8. The van der Waals surface area contributed by atoms with Crippen molar-refractivity contribution in [3.63, 3.8) is 0 Å². The maximum absolute atomic E-state index is 6.17. The Bertz CT molecular complexity index is 232. The highest BCUT2D eigenvalue weighted by molar-refractivity contribution is 6.74. The Morgan fingerprint density at radius 3 is 2.56 bits per heavy atom. The average molecular weight is 273 g/mol. The van der Waals surface area contributed by atoms with Gasteiger partial charge in [-0.15, -0.1) is 0 Å². The van der Waals surface area contributed by atoms with Crippen molar-refractivity contribution in [3.05, 3.63) is 0 Å². The summed E-state index contributed by atoms with van der Waals surface area (Å²) in [6.45, 7) is 15.3. The standard InChI is InChI=1S/C14H31NO2Si/c1-14(2,3)18(4,5)17-10-7-6-8-13-12-15-9-11-16-13/h13,15H,6-12H2,1-5H3. The lowest BCUT2D eigenvalue weighted by atomic mass is 10.1. The van der Waals surface area contributed by atoms with E-state index in [-0.39, 0.29) is 0 Å². The van der Waals surface area contributed by atoms with Gasteiger partial charge in [0.2, 0.25) is 0 Å². The number of unbranched alkanes of at least 4 members (excludes halogenated alkanes) is 1. The number of hydrogen-bond donors (Lipinski definition) is 1. The molecule has 4 heteroatoms. The third kappa shape index (κ3) is 5.39. The Morgan fingerprint density at radius 2 is 2.00 bits per heavy atom. The molecule has 0 aromatic rings. The number of morpholine rings is 1. The molecule has 1 heterocycles. The maximum atomic E-state index is 6.17. The van der Waals surface area contributed by atoms with Crippen molar-refractivity contribution in [1.29, 1.82) is 0 Å². The molecule has 0 amide bonds. The van der Waals surface area contributed by atoms with Gasteiger partial charge in [0, 0.05) is 19.7 Å². The van der Waals surface area contributed by atoms with Gasteiger partial charge in [0.15, 0.2) is 8.32 Å². The lowest BCUT2D eigenvalue weighted by Crippen LogP contribution is -2.41. The van der Waals surface area contributed by atoms with E-state index in [1.807, 2.05) is 0 Å². The van der Waals surface area contributed by atoms with Gasteiger partial charge in [0.1, 0.15) is 0 Å². The molecule has 1 saturated heterocycles. The largest absolute Gasteiger partial charge is 0.417 e. The Balaban J connectivity index is 2.08. The molecule has 18 heavy (non-hydrogen) atoms. The zero-order chi connectivity index (χ0) is 13.6. The highest BCUT2D eigenvalue weighted by Crippen LogP contribution is 2.36. The van der Waals surface area contributed by atoms with Crippen molar-refractivity contribution in [2.45, 2.75) is 64.3 Å². The second-order valence-electron chi connectivity index (χ2n) is 6.80. The summed E-state index contributed by atoms with van der Waals surface area (Å²) in [5.41, 5.74) is 0. The van der Waals surface area contributed by atoms with E-state index in [1.54, 1.807) is 0 Å². The molecule has 0 saturated carbocycles. The molecule has 1 aliphatic heterocycles. The number of hydrogen-bond acceptors (Lipinski definition) is 3. The lowest BCUT2D eigenvalue weighted by molar-refractivity contribution is 0.0215. The normalized spacial score (nSPS) is 22.2. The van der Waals surface area contributed by atoms with Crippen LogP contribution in [0.5, 0.6) is 0 Å². The second kappa shape index (κ2) is 7.03. The first-order valence-electron chi connectivity index (χ1n) is 7.29. The van der Waals surface area contributed by atoms with Gasteiger partial charge in [-0.2, -0.15) is 0 Å². The van der Waals surface area contributed by atoms with E-state index in [9.17, 15) is 0 Å². The Morgan fingerprint density at radius 1 is 1.28 bits per heavy atom. The van der Waals surface area contributed by atoms with Crippen LogP contribution in [0.25, 0.3) is 0 Å². The van der Waals surface area contributed by atoms with Gasteiger partial charge < -0.3 is 14.5 Å². The third-order valence-electron chi connectivity index (χ3n) is 4.19. The summed E-state index contributed by atoms with van der Waals surface area (Å²) in [6, 6.07) is 0. The maximum Gasteiger partial charge on any atom is 0.191 e. The fourth-order valence-electron chi connectivity index (χ4n) is 1.82. The fraction of sp³-hybridized carbons (Fsp3) is 1.00. The summed E-state index contributed by atoms with van der Waals surface area (Å²) in [7, 11) is -1.54. The molecule has 0 bridgehead atoms. The first-order valence-corrected chi connectivity index (χ1v) is 10.2. The molecule has 1 atom stereocenters. The monoisotopic (exact) mass is 273 g/mol. The molecular formula is C14H31NO2Si. The molecule has 3 nitrogen and oxygen atoms in total. The summed E-state index contributed by atoms with van der Waals surface area (Å²) in [5, 5.41) is 3.69. The molecule has 0 aromatic carbocycles. The van der Waals surface area contributed by atoms with Crippen molar-refractivity contribution in [3.8, 4) is 0 Å². The van der Waals surface area contributed by atoms with Gasteiger partial charge in [-0.25, -0.2) is 0 Å². The number of nitrogens with one attached hydrogen (secondary N) is 1. The minimum atomic E-state index is -1.54. The smallest absolute Gasteiger partial charge is 0.191 e. The van der Waals surface area contributed by atoms with Crippen LogP contribution in [0.2, 0.25) is 18.1 Å². The van der Waals surface area contributed by atoms with Crippen molar-refractivity contribution < 1.29 is 9.16 Å². The highest BCUT2D eigenvalue weighted by Gasteiger charge is 2.36. The second-order valence-corrected chi connectivity index (χ2v) is 11.6. The zero-order valence-corrected chi connectivity index (χ0v) is 13.8. The van der Waals surface area contributed by atoms with Crippen LogP contribution in [0.1, 0.15) is 40.0 Å². The molecular weight excluding hydrogens is 242 g/mol. The highest BCUT2D eigenvalue weighted by atomic mass is 28.4. The van der Waals surface area contributed by atoms with Crippen molar-refractivity contribution in [2.24, 2.45) is 0 Å². The summed E-state index contributed by atoms with van der Waals surface area (Å²) in [4.78, 5) is 0. The predicted molar refractivity (Wildman–Crippen MR) is 79.6 cm³/mol. The molecule has 1 N–H and O–H groups in total. The average Bonchev–Trinajstić information content (AvgIpc) is 2.28. The minimum absolute atomic E-state index is 0.323. The molecule has 108 valence electrons. The van der Waals surface area contributed by atoms with E-state index >= 15 is 0 Å². The molecule has 1 unspecified atom stereocenters. The van der Waals surface area contributed by atoms with Crippen LogP contribution < -0.4 is 5.32 Å². The Kier molecular flexibility index (Phi) is 6.31. The molecule has 0 spiro atoms.